The summed E-state index contributed by atoms with van der Waals surface area (Å²) in [7, 11) is 0. The van der Waals surface area contributed by atoms with E-state index in [4.69, 9.17) is 12.2 Å². The molecule has 0 radical (unpaired) electrons. The molecule has 0 aliphatic carbocycles. The summed E-state index contributed by atoms with van der Waals surface area (Å²) in [6.45, 7) is 0. The highest BCUT2D eigenvalue weighted by molar-refractivity contribution is 9.10. The van der Waals surface area contributed by atoms with Gasteiger partial charge in [-0.25, -0.2) is 9.40 Å². The van der Waals surface area contributed by atoms with Crippen LogP contribution in [0.1, 0.15) is 16.8 Å². The Balaban J connectivity index is 1.60. The molecule has 2 N–H and O–H groups in total. The van der Waals surface area contributed by atoms with E-state index in [1.807, 2.05) is 6.07 Å². The van der Waals surface area contributed by atoms with Gasteiger partial charge in [-0.1, -0.05) is 34.1 Å². The topological polar surface area (TPSA) is 81.8 Å². The van der Waals surface area contributed by atoms with Gasteiger partial charge in [-0.2, -0.15) is 0 Å². The number of hydrogen-bond acceptors (Lipinski definition) is 4. The molecular weight excluding hydrogens is 523 g/mol. The van der Waals surface area contributed by atoms with Crippen LogP contribution in [-0.4, -0.2) is 33.9 Å². The zero-order valence-corrected chi connectivity index (χ0v) is 20.0. The molecule has 3 amide bonds. The lowest BCUT2D eigenvalue weighted by molar-refractivity contribution is -0.124. The number of halogens is 2. The molecule has 34 heavy (non-hydrogen) atoms. The number of benzene rings is 3. The van der Waals surface area contributed by atoms with Crippen LogP contribution in [0.2, 0.25) is 0 Å². The van der Waals surface area contributed by atoms with Crippen molar-refractivity contribution in [1.29, 1.82) is 0 Å². The molecule has 1 heterocycles. The summed E-state index contributed by atoms with van der Waals surface area (Å²) in [5.74, 6) is -1.93. The van der Waals surface area contributed by atoms with Crippen molar-refractivity contribution in [2.45, 2.75) is 12.5 Å². The van der Waals surface area contributed by atoms with Crippen LogP contribution in [0.4, 0.5) is 15.8 Å². The Morgan fingerprint density at radius 3 is 2.26 bits per heavy atom. The molecule has 7 nitrogen and oxygen atoms in total. The highest BCUT2D eigenvalue weighted by Crippen LogP contribution is 2.27. The number of amides is 3. The number of thiocarbonyl (C=S) groups is 1. The number of rotatable bonds is 6. The minimum Gasteiger partial charge on any atom is -0.326 e. The Hall–Kier alpha value is -3.63. The van der Waals surface area contributed by atoms with Crippen molar-refractivity contribution in [1.82, 2.24) is 10.4 Å². The lowest BCUT2D eigenvalue weighted by atomic mass is 10.1. The van der Waals surface area contributed by atoms with E-state index in [2.05, 4.69) is 26.7 Å². The molecule has 4 rings (SSSR count). The van der Waals surface area contributed by atoms with Gasteiger partial charge in [0.2, 0.25) is 11.0 Å². The Morgan fingerprint density at radius 1 is 0.971 bits per heavy atom. The zero-order valence-electron chi connectivity index (χ0n) is 17.6. The number of carbonyl (C=O) groups is 3. The average Bonchev–Trinajstić information content (AvgIpc) is 3.04. The van der Waals surface area contributed by atoms with Crippen molar-refractivity contribution in [2.24, 2.45) is 0 Å². The van der Waals surface area contributed by atoms with Gasteiger partial charge in [-0.15, -0.1) is 0 Å². The molecular formula is C24H18BrFN4O3S. The molecule has 0 bridgehead atoms. The molecule has 0 saturated carbocycles. The predicted molar refractivity (Wildman–Crippen MR) is 133 cm³/mol. The first kappa shape index (κ1) is 23.5. The second kappa shape index (κ2) is 10.1. The lowest BCUT2D eigenvalue weighted by Crippen LogP contribution is -2.49. The second-order valence-corrected chi connectivity index (χ2v) is 8.67. The van der Waals surface area contributed by atoms with Gasteiger partial charge in [0.15, 0.2) is 0 Å². The fourth-order valence-electron chi connectivity index (χ4n) is 3.41. The maximum Gasteiger partial charge on any atom is 0.269 e. The fraction of sp³-hybridized carbons (Fsp3) is 0.0833. The van der Waals surface area contributed by atoms with Crippen LogP contribution in [0, 0.1) is 5.82 Å². The zero-order chi connectivity index (χ0) is 24.2. The number of anilines is 2. The van der Waals surface area contributed by atoms with E-state index in [1.54, 1.807) is 48.5 Å². The first-order valence-electron chi connectivity index (χ1n) is 10.2. The van der Waals surface area contributed by atoms with Gasteiger partial charge in [0.05, 0.1) is 12.1 Å². The highest BCUT2D eigenvalue weighted by atomic mass is 79.9. The number of para-hydroxylation sites is 1. The molecule has 3 aromatic carbocycles. The van der Waals surface area contributed by atoms with E-state index in [0.717, 1.165) is 4.47 Å². The molecule has 10 heteroatoms. The quantitative estimate of drug-likeness (QED) is 0.456. The molecule has 1 aliphatic rings. The van der Waals surface area contributed by atoms with Gasteiger partial charge in [0.1, 0.15) is 11.9 Å². The lowest BCUT2D eigenvalue weighted by Gasteiger charge is -2.24. The number of nitrogens with one attached hydrogen (secondary N) is 2. The van der Waals surface area contributed by atoms with Crippen molar-refractivity contribution in [3.8, 4) is 0 Å². The second-order valence-electron chi connectivity index (χ2n) is 7.38. The summed E-state index contributed by atoms with van der Waals surface area (Å²) in [4.78, 5) is 40.1. The van der Waals surface area contributed by atoms with Gasteiger partial charge in [0, 0.05) is 15.7 Å². The molecule has 3 aromatic rings. The monoisotopic (exact) mass is 540 g/mol. The van der Waals surface area contributed by atoms with Crippen molar-refractivity contribution < 1.29 is 18.8 Å². The van der Waals surface area contributed by atoms with Gasteiger partial charge < -0.3 is 5.32 Å². The maximum atomic E-state index is 13.4. The Morgan fingerprint density at radius 2 is 1.62 bits per heavy atom. The molecule has 0 spiro atoms. The first-order chi connectivity index (χ1) is 16.3. The van der Waals surface area contributed by atoms with Crippen LogP contribution in [0.25, 0.3) is 0 Å². The van der Waals surface area contributed by atoms with E-state index < -0.39 is 29.6 Å². The van der Waals surface area contributed by atoms with Crippen LogP contribution < -0.4 is 15.6 Å². The normalized spacial score (nSPS) is 15.4. The third kappa shape index (κ3) is 5.13. The smallest absolute Gasteiger partial charge is 0.269 e. The van der Waals surface area contributed by atoms with Crippen LogP contribution in [0.5, 0.6) is 0 Å². The first-order valence-corrected chi connectivity index (χ1v) is 11.4. The molecule has 1 aliphatic heterocycles. The van der Waals surface area contributed by atoms with Crippen molar-refractivity contribution >= 4 is 62.4 Å². The standard InChI is InChI=1S/C24H18BrFN4O3S/c25-16-8-6-15(7-9-16)22(32)28-30-20(14-21(31)27-18-4-2-1-3-5-18)23(33)29(24(30)34)19-12-10-17(26)11-13-19/h1-13,20H,14H2,(H,27,31)(H,28,32). The Kier molecular flexibility index (Phi) is 6.99. The average molecular weight is 541 g/mol. The van der Waals surface area contributed by atoms with E-state index >= 15 is 0 Å². The van der Waals surface area contributed by atoms with Crippen molar-refractivity contribution in [2.75, 3.05) is 10.2 Å². The number of hydrazine groups is 1. The summed E-state index contributed by atoms with van der Waals surface area (Å²) in [5, 5.41) is 3.91. The summed E-state index contributed by atoms with van der Waals surface area (Å²) < 4.78 is 14.2. The SMILES string of the molecule is O=C(CC1C(=O)N(c2ccc(F)cc2)C(=S)N1NC(=O)c1ccc(Br)cc1)Nc1ccccc1. The summed E-state index contributed by atoms with van der Waals surface area (Å²) in [6.07, 6.45) is -0.272. The molecule has 1 saturated heterocycles. The molecule has 0 aromatic heterocycles. The van der Waals surface area contributed by atoms with Crippen LogP contribution in [-0.2, 0) is 9.59 Å². The van der Waals surface area contributed by atoms with E-state index in [-0.39, 0.29) is 11.5 Å². The van der Waals surface area contributed by atoms with E-state index in [0.29, 0.717) is 16.9 Å². The van der Waals surface area contributed by atoms with Crippen molar-refractivity contribution in [3.63, 3.8) is 0 Å². The number of hydrogen-bond donors (Lipinski definition) is 2. The molecule has 1 fully saturated rings. The molecule has 172 valence electrons. The fourth-order valence-corrected chi connectivity index (χ4v) is 4.04. The Labute approximate surface area is 208 Å². The number of carbonyl (C=O) groups excluding carboxylic acids is 3. The van der Waals surface area contributed by atoms with Crippen LogP contribution in [0.3, 0.4) is 0 Å². The highest BCUT2D eigenvalue weighted by Gasteiger charge is 2.45. The minimum absolute atomic E-state index is 0.0282. The van der Waals surface area contributed by atoms with Gasteiger partial charge in [-0.05, 0) is 72.9 Å². The van der Waals surface area contributed by atoms with E-state index in [1.165, 1.54) is 34.2 Å². The number of nitrogens with zero attached hydrogens (tertiary/aromatic N) is 2. The van der Waals surface area contributed by atoms with Gasteiger partial charge >= 0.3 is 0 Å². The largest absolute Gasteiger partial charge is 0.326 e. The van der Waals surface area contributed by atoms with Crippen molar-refractivity contribution in [3.05, 3.63) is 94.7 Å². The third-order valence-corrected chi connectivity index (χ3v) is 5.97. The van der Waals surface area contributed by atoms with Gasteiger partial charge in [-0.3, -0.25) is 24.7 Å². The summed E-state index contributed by atoms with van der Waals surface area (Å²) >= 11 is 8.80. The molecule has 1 atom stereocenters. The van der Waals surface area contributed by atoms with Crippen LogP contribution in [0.15, 0.2) is 83.3 Å². The minimum atomic E-state index is -1.10. The summed E-state index contributed by atoms with van der Waals surface area (Å²) in [5.41, 5.74) is 3.88. The van der Waals surface area contributed by atoms with Gasteiger partial charge in [0.25, 0.3) is 11.8 Å². The third-order valence-electron chi connectivity index (χ3n) is 5.06. The predicted octanol–water partition coefficient (Wildman–Crippen LogP) is 4.26. The Bertz CT molecular complexity index is 1240. The summed E-state index contributed by atoms with van der Waals surface area (Å²) in [6, 6.07) is 19.5. The maximum absolute atomic E-state index is 13.4. The van der Waals surface area contributed by atoms with Crippen LogP contribution >= 0.6 is 28.1 Å². The molecule has 1 unspecified atom stereocenters. The van der Waals surface area contributed by atoms with E-state index in [9.17, 15) is 18.8 Å².